The van der Waals surface area contributed by atoms with Crippen molar-refractivity contribution in [2.45, 2.75) is 69.9 Å². The number of hydrogen-bond donors (Lipinski definition) is 1. The Bertz CT molecular complexity index is 233. The Morgan fingerprint density at radius 1 is 1.28 bits per heavy atom. The first-order valence-electron chi connectivity index (χ1n) is 7.67. The van der Waals surface area contributed by atoms with Crippen molar-refractivity contribution in [2.24, 2.45) is 5.92 Å². The average Bonchev–Trinajstić information content (AvgIpc) is 2.90. The molecule has 2 fully saturated rings. The highest BCUT2D eigenvalue weighted by Gasteiger charge is 2.32. The van der Waals surface area contributed by atoms with E-state index in [9.17, 15) is 0 Å². The van der Waals surface area contributed by atoms with Crippen molar-refractivity contribution in [3.05, 3.63) is 0 Å². The summed E-state index contributed by atoms with van der Waals surface area (Å²) in [6, 6.07) is 0. The first-order valence-corrected chi connectivity index (χ1v) is 8.20. The maximum absolute atomic E-state index is 6.20. The number of ether oxygens (including phenoxy) is 1. The molecule has 1 unspecified atom stereocenters. The summed E-state index contributed by atoms with van der Waals surface area (Å²) in [6.07, 6.45) is 10.6. The summed E-state index contributed by atoms with van der Waals surface area (Å²) >= 11 is 6.20. The van der Waals surface area contributed by atoms with Gasteiger partial charge in [-0.1, -0.05) is 6.92 Å². The summed E-state index contributed by atoms with van der Waals surface area (Å²) in [5, 5.41) is 3.74. The predicted octanol–water partition coefficient (Wildman–Crippen LogP) is 3.72. The van der Waals surface area contributed by atoms with E-state index in [-0.39, 0.29) is 5.54 Å². The second kappa shape index (κ2) is 7.12. The van der Waals surface area contributed by atoms with Crippen molar-refractivity contribution in [2.75, 3.05) is 19.0 Å². The van der Waals surface area contributed by atoms with Crippen LogP contribution >= 0.6 is 11.6 Å². The fourth-order valence-electron chi connectivity index (χ4n) is 3.23. The maximum atomic E-state index is 6.20. The van der Waals surface area contributed by atoms with Gasteiger partial charge in [0.1, 0.15) is 0 Å². The fourth-order valence-corrected chi connectivity index (χ4v) is 3.59. The van der Waals surface area contributed by atoms with Crippen molar-refractivity contribution in [3.63, 3.8) is 0 Å². The van der Waals surface area contributed by atoms with E-state index < -0.39 is 0 Å². The van der Waals surface area contributed by atoms with Gasteiger partial charge in [0, 0.05) is 18.0 Å². The summed E-state index contributed by atoms with van der Waals surface area (Å²) in [5.41, 5.74) is 0.227. The molecule has 0 amide bonds. The van der Waals surface area contributed by atoms with Crippen LogP contribution in [-0.4, -0.2) is 30.7 Å². The number of nitrogens with one attached hydrogen (secondary N) is 1. The summed E-state index contributed by atoms with van der Waals surface area (Å²) < 4.78 is 5.66. The number of rotatable bonds is 6. The molecule has 0 bridgehead atoms. The second-order valence-electron chi connectivity index (χ2n) is 6.30. The predicted molar refractivity (Wildman–Crippen MR) is 77.3 cm³/mol. The van der Waals surface area contributed by atoms with E-state index in [1.54, 1.807) is 0 Å². The molecule has 106 valence electrons. The summed E-state index contributed by atoms with van der Waals surface area (Å²) in [6.45, 7) is 4.43. The van der Waals surface area contributed by atoms with Crippen LogP contribution in [0.15, 0.2) is 0 Å². The number of halogens is 1. The number of alkyl halides is 1. The smallest absolute Gasteiger partial charge is 0.0576 e. The van der Waals surface area contributed by atoms with Crippen molar-refractivity contribution in [1.29, 1.82) is 0 Å². The summed E-state index contributed by atoms with van der Waals surface area (Å²) in [7, 11) is 0. The number of hydrogen-bond acceptors (Lipinski definition) is 2. The van der Waals surface area contributed by atoms with Crippen molar-refractivity contribution >= 4 is 11.6 Å². The first-order chi connectivity index (χ1) is 8.74. The van der Waals surface area contributed by atoms with Crippen LogP contribution in [0.1, 0.15) is 58.3 Å². The standard InChI is InChI=1S/C15H28ClNO/c1-13-6-8-15(12-16,9-7-13)17-10-2-4-14-5-3-11-18-14/h13-14,17H,2-12H2,1H3. The van der Waals surface area contributed by atoms with Crippen LogP contribution in [-0.2, 0) is 4.74 Å². The highest BCUT2D eigenvalue weighted by Crippen LogP contribution is 2.32. The lowest BCUT2D eigenvalue weighted by molar-refractivity contribution is 0.101. The van der Waals surface area contributed by atoms with Crippen LogP contribution in [0.3, 0.4) is 0 Å². The molecule has 0 aromatic heterocycles. The Labute approximate surface area is 117 Å². The van der Waals surface area contributed by atoms with E-state index in [4.69, 9.17) is 16.3 Å². The third-order valence-electron chi connectivity index (χ3n) is 4.71. The van der Waals surface area contributed by atoms with Gasteiger partial charge in [-0.05, 0) is 63.8 Å². The van der Waals surface area contributed by atoms with Crippen LogP contribution < -0.4 is 5.32 Å². The Kier molecular flexibility index (Phi) is 5.78. The molecule has 0 aromatic carbocycles. The van der Waals surface area contributed by atoms with Gasteiger partial charge in [-0.25, -0.2) is 0 Å². The molecule has 1 N–H and O–H groups in total. The minimum Gasteiger partial charge on any atom is -0.378 e. The van der Waals surface area contributed by atoms with Crippen LogP contribution in [0.25, 0.3) is 0 Å². The lowest BCUT2D eigenvalue weighted by Gasteiger charge is -2.39. The second-order valence-corrected chi connectivity index (χ2v) is 6.57. The Hall–Kier alpha value is 0.210. The van der Waals surface area contributed by atoms with Crippen molar-refractivity contribution in [1.82, 2.24) is 5.32 Å². The van der Waals surface area contributed by atoms with Gasteiger partial charge >= 0.3 is 0 Å². The van der Waals surface area contributed by atoms with E-state index in [1.807, 2.05) is 0 Å². The summed E-state index contributed by atoms with van der Waals surface area (Å²) in [4.78, 5) is 0. The SMILES string of the molecule is CC1CCC(CCl)(NCCCC2CCCO2)CC1. The molecule has 0 spiro atoms. The highest BCUT2D eigenvalue weighted by atomic mass is 35.5. The molecule has 1 aliphatic heterocycles. The van der Waals surface area contributed by atoms with Gasteiger partial charge in [0.05, 0.1) is 6.10 Å². The van der Waals surface area contributed by atoms with Gasteiger partial charge in [-0.3, -0.25) is 0 Å². The molecule has 1 atom stereocenters. The third kappa shape index (κ3) is 4.11. The van der Waals surface area contributed by atoms with E-state index >= 15 is 0 Å². The Balaban J connectivity index is 1.64. The fraction of sp³-hybridized carbons (Fsp3) is 1.00. The Morgan fingerprint density at radius 3 is 2.67 bits per heavy atom. The van der Waals surface area contributed by atoms with E-state index in [0.717, 1.165) is 24.9 Å². The minimum absolute atomic E-state index is 0.227. The first kappa shape index (κ1) is 14.6. The van der Waals surface area contributed by atoms with Crippen LogP contribution in [0, 0.1) is 5.92 Å². The highest BCUT2D eigenvalue weighted by molar-refractivity contribution is 6.18. The van der Waals surface area contributed by atoms with Gasteiger partial charge < -0.3 is 10.1 Å². The molecule has 1 saturated carbocycles. The Morgan fingerprint density at radius 2 is 2.06 bits per heavy atom. The topological polar surface area (TPSA) is 21.3 Å². The largest absolute Gasteiger partial charge is 0.378 e. The molecule has 2 nitrogen and oxygen atoms in total. The minimum atomic E-state index is 0.227. The van der Waals surface area contributed by atoms with Crippen LogP contribution in [0.5, 0.6) is 0 Å². The maximum Gasteiger partial charge on any atom is 0.0576 e. The molecule has 1 aliphatic carbocycles. The lowest BCUT2D eigenvalue weighted by atomic mass is 9.78. The van der Waals surface area contributed by atoms with E-state index in [1.165, 1.54) is 51.4 Å². The van der Waals surface area contributed by atoms with Gasteiger partial charge in [-0.2, -0.15) is 0 Å². The summed E-state index contributed by atoms with van der Waals surface area (Å²) in [5.74, 6) is 1.65. The molecule has 3 heteroatoms. The molecule has 0 aromatic rings. The molecule has 1 saturated heterocycles. The average molecular weight is 274 g/mol. The van der Waals surface area contributed by atoms with Gasteiger partial charge in [0.2, 0.25) is 0 Å². The molecule has 0 radical (unpaired) electrons. The van der Waals surface area contributed by atoms with Crippen LogP contribution in [0.2, 0.25) is 0 Å². The third-order valence-corrected chi connectivity index (χ3v) is 5.23. The van der Waals surface area contributed by atoms with E-state index in [2.05, 4.69) is 12.2 Å². The van der Waals surface area contributed by atoms with Gasteiger partial charge in [0.25, 0.3) is 0 Å². The van der Waals surface area contributed by atoms with Crippen LogP contribution in [0.4, 0.5) is 0 Å². The molecule has 18 heavy (non-hydrogen) atoms. The van der Waals surface area contributed by atoms with Gasteiger partial charge in [-0.15, -0.1) is 11.6 Å². The lowest BCUT2D eigenvalue weighted by Crippen LogP contribution is -2.49. The van der Waals surface area contributed by atoms with Crippen molar-refractivity contribution in [3.8, 4) is 0 Å². The zero-order valence-electron chi connectivity index (χ0n) is 11.7. The molecule has 1 heterocycles. The van der Waals surface area contributed by atoms with E-state index in [0.29, 0.717) is 6.10 Å². The normalized spacial score (nSPS) is 37.0. The molecular weight excluding hydrogens is 246 g/mol. The van der Waals surface area contributed by atoms with Crippen molar-refractivity contribution < 1.29 is 4.74 Å². The van der Waals surface area contributed by atoms with Gasteiger partial charge in [0.15, 0.2) is 0 Å². The zero-order valence-corrected chi connectivity index (χ0v) is 12.5. The quantitative estimate of drug-likeness (QED) is 0.588. The molecule has 2 aliphatic rings. The monoisotopic (exact) mass is 273 g/mol. The molecular formula is C15H28ClNO. The zero-order chi connectivity index (χ0) is 12.8. The molecule has 2 rings (SSSR count).